The average Bonchev–Trinajstić information content (AvgIpc) is 2.99. The van der Waals surface area contributed by atoms with Crippen molar-refractivity contribution in [2.45, 2.75) is 39.2 Å². The number of piperidine rings is 1. The normalized spacial score (nSPS) is 25.5. The highest BCUT2D eigenvalue weighted by Crippen LogP contribution is 2.37. The van der Waals surface area contributed by atoms with Crippen LogP contribution in [0.2, 0.25) is 0 Å². The van der Waals surface area contributed by atoms with Gasteiger partial charge in [-0.05, 0) is 25.2 Å². The molecule has 0 aliphatic carbocycles. The topological polar surface area (TPSA) is 107 Å². The second-order valence-corrected chi connectivity index (χ2v) is 6.41. The largest absolute Gasteiger partial charge is 0.481 e. The fourth-order valence-corrected chi connectivity index (χ4v) is 2.91. The van der Waals surface area contributed by atoms with Gasteiger partial charge >= 0.3 is 5.97 Å². The fraction of sp³-hybridized carbons (Fsp3) is 0.667. The maximum Gasteiger partial charge on any atom is 0.314 e. The molecular formula is C15H23N3O4. The van der Waals surface area contributed by atoms with E-state index in [2.05, 4.69) is 10.2 Å². The van der Waals surface area contributed by atoms with Crippen LogP contribution in [0.3, 0.4) is 0 Å². The van der Waals surface area contributed by atoms with Gasteiger partial charge in [0.05, 0.1) is 17.9 Å². The predicted octanol–water partition coefficient (Wildman–Crippen LogP) is 1.12. The number of carboxylic acid groups (broad SMARTS) is 1. The number of hydrogen-bond donors (Lipinski definition) is 3. The van der Waals surface area contributed by atoms with E-state index < -0.39 is 17.5 Å². The molecule has 7 nitrogen and oxygen atoms in total. The Morgan fingerprint density at radius 3 is 2.82 bits per heavy atom. The van der Waals surface area contributed by atoms with E-state index in [-0.39, 0.29) is 18.9 Å². The van der Waals surface area contributed by atoms with E-state index in [1.165, 1.54) is 17.3 Å². The van der Waals surface area contributed by atoms with Crippen molar-refractivity contribution in [3.8, 4) is 0 Å². The molecule has 1 aromatic rings. The maximum atomic E-state index is 12.4. The number of aliphatic hydroxyl groups is 1. The monoisotopic (exact) mass is 309 g/mol. The molecule has 0 bridgehead atoms. The van der Waals surface area contributed by atoms with E-state index >= 15 is 0 Å². The Bertz CT molecular complexity index is 529. The molecule has 1 amide bonds. The molecule has 3 N–H and O–H groups in total. The molecule has 0 saturated carbocycles. The maximum absolute atomic E-state index is 12.4. The summed E-state index contributed by atoms with van der Waals surface area (Å²) in [5.41, 5.74) is -0.887. The number of rotatable bonds is 5. The molecule has 2 heterocycles. The van der Waals surface area contributed by atoms with Crippen LogP contribution in [0.25, 0.3) is 0 Å². The number of aromatic nitrogens is 2. The van der Waals surface area contributed by atoms with Crippen molar-refractivity contribution in [2.75, 3.05) is 13.1 Å². The Hall–Kier alpha value is -1.89. The number of nitrogens with one attached hydrogen (secondary N) is 1. The smallest absolute Gasteiger partial charge is 0.314 e. The minimum absolute atomic E-state index is 0.0280. The first-order chi connectivity index (χ1) is 10.4. The van der Waals surface area contributed by atoms with Gasteiger partial charge in [0.25, 0.3) is 5.91 Å². The second-order valence-electron chi connectivity index (χ2n) is 6.41. The number of nitrogens with zero attached hydrogens (tertiary/aromatic N) is 2. The summed E-state index contributed by atoms with van der Waals surface area (Å²) in [7, 11) is 0. The summed E-state index contributed by atoms with van der Waals surface area (Å²) in [4.78, 5) is 25.8. The van der Waals surface area contributed by atoms with Crippen LogP contribution in [0.5, 0.6) is 0 Å². The lowest BCUT2D eigenvalue weighted by Gasteiger charge is -2.43. The first-order valence-corrected chi connectivity index (χ1v) is 7.56. The second kappa shape index (κ2) is 6.48. The van der Waals surface area contributed by atoms with E-state index in [9.17, 15) is 19.8 Å². The zero-order valence-corrected chi connectivity index (χ0v) is 13.0. The van der Waals surface area contributed by atoms with Gasteiger partial charge < -0.3 is 15.1 Å². The van der Waals surface area contributed by atoms with Crippen molar-refractivity contribution in [2.24, 2.45) is 11.3 Å². The van der Waals surface area contributed by atoms with Gasteiger partial charge in [-0.3, -0.25) is 14.7 Å². The minimum Gasteiger partial charge on any atom is -0.481 e. The molecule has 0 spiro atoms. The predicted molar refractivity (Wildman–Crippen MR) is 79.3 cm³/mol. The highest BCUT2D eigenvalue weighted by molar-refractivity contribution is 5.94. The number of H-pyrrole nitrogens is 1. The summed E-state index contributed by atoms with van der Waals surface area (Å²) < 4.78 is 0. The van der Waals surface area contributed by atoms with Crippen molar-refractivity contribution in [3.05, 3.63) is 18.0 Å². The van der Waals surface area contributed by atoms with Crippen molar-refractivity contribution < 1.29 is 19.8 Å². The van der Waals surface area contributed by atoms with Crippen LogP contribution in [-0.4, -0.2) is 56.4 Å². The van der Waals surface area contributed by atoms with Gasteiger partial charge in [0.15, 0.2) is 0 Å². The fourth-order valence-electron chi connectivity index (χ4n) is 2.91. The van der Waals surface area contributed by atoms with Crippen molar-refractivity contribution in [1.82, 2.24) is 15.1 Å². The number of hydrogen-bond acceptors (Lipinski definition) is 4. The third kappa shape index (κ3) is 3.14. The molecule has 0 aromatic carbocycles. The summed E-state index contributed by atoms with van der Waals surface area (Å²) in [5, 5.41) is 26.3. The van der Waals surface area contributed by atoms with E-state index in [0.717, 1.165) is 0 Å². The number of amides is 1. The van der Waals surface area contributed by atoms with Gasteiger partial charge in [0.1, 0.15) is 5.41 Å². The minimum atomic E-state index is -1.29. The Kier molecular flexibility index (Phi) is 4.85. The zero-order chi connectivity index (χ0) is 16.3. The van der Waals surface area contributed by atoms with Crippen molar-refractivity contribution in [3.63, 3.8) is 0 Å². The van der Waals surface area contributed by atoms with Crippen LogP contribution in [0.15, 0.2) is 12.4 Å². The number of carbonyl (C=O) groups is 2. The van der Waals surface area contributed by atoms with Crippen LogP contribution >= 0.6 is 0 Å². The molecule has 22 heavy (non-hydrogen) atoms. The first-order valence-electron chi connectivity index (χ1n) is 7.56. The molecule has 1 saturated heterocycles. The highest BCUT2D eigenvalue weighted by Gasteiger charge is 2.49. The molecule has 1 aliphatic heterocycles. The summed E-state index contributed by atoms with van der Waals surface area (Å²) in [6, 6.07) is 0. The van der Waals surface area contributed by atoms with Gasteiger partial charge in [0.2, 0.25) is 0 Å². The van der Waals surface area contributed by atoms with Gasteiger partial charge in [0, 0.05) is 19.3 Å². The van der Waals surface area contributed by atoms with Gasteiger partial charge in [-0.15, -0.1) is 0 Å². The lowest BCUT2D eigenvalue weighted by Crippen LogP contribution is -2.57. The Balaban J connectivity index is 2.20. The van der Waals surface area contributed by atoms with E-state index in [1.54, 1.807) is 0 Å². The van der Waals surface area contributed by atoms with Gasteiger partial charge in [-0.1, -0.05) is 13.8 Å². The Labute approximate surface area is 129 Å². The van der Waals surface area contributed by atoms with E-state index in [4.69, 9.17) is 0 Å². The number of aliphatic hydroxyl groups excluding tert-OH is 1. The molecule has 1 fully saturated rings. The molecule has 2 atom stereocenters. The third-order valence-corrected chi connectivity index (χ3v) is 4.41. The lowest BCUT2D eigenvalue weighted by atomic mass is 9.72. The van der Waals surface area contributed by atoms with E-state index in [0.29, 0.717) is 30.9 Å². The highest BCUT2D eigenvalue weighted by atomic mass is 16.4. The van der Waals surface area contributed by atoms with Crippen LogP contribution < -0.4 is 0 Å². The van der Waals surface area contributed by atoms with Gasteiger partial charge in [-0.25, -0.2) is 0 Å². The standard InChI is InChI=1S/C15H23N3O4/c1-10(2)3-5-15(14(21)22)9-18(6-4-12(15)19)13(20)11-7-16-17-8-11/h7-8,10,12,19H,3-6,9H2,1-2H3,(H,16,17)(H,21,22)/t12-,15+/m0/s1. The summed E-state index contributed by atoms with van der Waals surface area (Å²) in [5.74, 6) is -0.954. The number of aliphatic carboxylic acids is 1. The number of carboxylic acids is 1. The number of likely N-dealkylation sites (tertiary alicyclic amines) is 1. The molecule has 2 rings (SSSR count). The Morgan fingerprint density at radius 1 is 1.55 bits per heavy atom. The average molecular weight is 309 g/mol. The Morgan fingerprint density at radius 2 is 2.27 bits per heavy atom. The van der Waals surface area contributed by atoms with Crippen LogP contribution in [0, 0.1) is 11.3 Å². The lowest BCUT2D eigenvalue weighted by molar-refractivity contribution is -0.163. The molecule has 1 aromatic heterocycles. The van der Waals surface area contributed by atoms with Gasteiger partial charge in [-0.2, -0.15) is 5.10 Å². The molecule has 122 valence electrons. The van der Waals surface area contributed by atoms with Crippen molar-refractivity contribution >= 4 is 11.9 Å². The summed E-state index contributed by atoms with van der Waals surface area (Å²) in [6.07, 6.45) is 3.30. The molecule has 0 radical (unpaired) electrons. The summed E-state index contributed by atoms with van der Waals surface area (Å²) >= 11 is 0. The molecule has 0 unspecified atom stereocenters. The third-order valence-electron chi connectivity index (χ3n) is 4.41. The first kappa shape index (κ1) is 16.5. The van der Waals surface area contributed by atoms with Crippen molar-refractivity contribution in [1.29, 1.82) is 0 Å². The molecule has 7 heteroatoms. The molecule has 1 aliphatic rings. The van der Waals surface area contributed by atoms with Crippen LogP contribution in [0.1, 0.15) is 43.5 Å². The zero-order valence-electron chi connectivity index (χ0n) is 13.0. The summed E-state index contributed by atoms with van der Waals surface area (Å²) in [6.45, 7) is 4.40. The number of carbonyl (C=O) groups excluding carboxylic acids is 1. The van der Waals surface area contributed by atoms with Crippen LogP contribution in [0.4, 0.5) is 0 Å². The number of aromatic amines is 1. The van der Waals surface area contributed by atoms with E-state index in [1.807, 2.05) is 13.8 Å². The SMILES string of the molecule is CC(C)CC[C@@]1(C(=O)O)CN(C(=O)c2cn[nH]c2)CC[C@@H]1O. The van der Waals surface area contributed by atoms with Crippen LogP contribution in [-0.2, 0) is 4.79 Å². The molecular weight excluding hydrogens is 286 g/mol. The quantitative estimate of drug-likeness (QED) is 0.755.